The number of nitrogens with two attached hydrogens (primary N) is 1. The summed E-state index contributed by atoms with van der Waals surface area (Å²) in [5.74, 6) is 0.426. The summed E-state index contributed by atoms with van der Waals surface area (Å²) in [6.45, 7) is 2.07. The molecule has 2 heteroatoms. The zero-order valence-corrected chi connectivity index (χ0v) is 7.88. The van der Waals surface area contributed by atoms with E-state index in [1.807, 2.05) is 6.07 Å². The Kier molecular flexibility index (Phi) is 2.00. The van der Waals surface area contributed by atoms with Crippen molar-refractivity contribution in [3.05, 3.63) is 28.8 Å². The van der Waals surface area contributed by atoms with E-state index in [0.717, 1.165) is 24.8 Å². The smallest absolute Gasteiger partial charge is 0.119 e. The molecule has 0 radical (unpaired) electrons. The third-order valence-corrected chi connectivity index (χ3v) is 2.90. The molecule has 1 aromatic rings. The molecule has 1 aliphatic carbocycles. The van der Waals surface area contributed by atoms with Gasteiger partial charge in [0.2, 0.25) is 0 Å². The summed E-state index contributed by atoms with van der Waals surface area (Å²) in [5, 5.41) is 9.62. The summed E-state index contributed by atoms with van der Waals surface area (Å²) in [4.78, 5) is 0. The highest BCUT2D eigenvalue weighted by Gasteiger charge is 2.22. The zero-order chi connectivity index (χ0) is 9.42. The lowest BCUT2D eigenvalue weighted by atomic mass is 10.00. The van der Waals surface area contributed by atoms with Gasteiger partial charge in [0.05, 0.1) is 0 Å². The predicted molar refractivity (Wildman–Crippen MR) is 52.7 cm³/mol. The summed E-state index contributed by atoms with van der Waals surface area (Å²) >= 11 is 0. The number of benzene rings is 1. The maximum absolute atomic E-state index is 9.62. The molecule has 0 heterocycles. The molecule has 0 spiro atoms. The average Bonchev–Trinajstić information content (AvgIpc) is 2.48. The molecule has 0 saturated heterocycles. The van der Waals surface area contributed by atoms with Crippen LogP contribution in [0.1, 0.15) is 36.1 Å². The molecular formula is C11H15NO. The Morgan fingerprint density at radius 2 is 2.31 bits per heavy atom. The fourth-order valence-corrected chi connectivity index (χ4v) is 2.19. The van der Waals surface area contributed by atoms with Crippen LogP contribution < -0.4 is 5.73 Å². The first kappa shape index (κ1) is 8.57. The molecule has 0 bridgehead atoms. The maximum Gasteiger partial charge on any atom is 0.119 e. The Labute approximate surface area is 78.4 Å². The van der Waals surface area contributed by atoms with Gasteiger partial charge in [-0.1, -0.05) is 13.0 Å². The Morgan fingerprint density at radius 3 is 3.00 bits per heavy atom. The number of phenols is 1. The van der Waals surface area contributed by atoms with Crippen molar-refractivity contribution in [1.29, 1.82) is 0 Å². The zero-order valence-electron chi connectivity index (χ0n) is 7.88. The van der Waals surface area contributed by atoms with E-state index in [2.05, 4.69) is 6.92 Å². The number of phenolic OH excluding ortho intramolecular Hbond substituents is 1. The quantitative estimate of drug-likeness (QED) is 0.688. The molecule has 0 unspecified atom stereocenters. The minimum atomic E-state index is 0.181. The number of hydrogen-bond acceptors (Lipinski definition) is 2. The van der Waals surface area contributed by atoms with Gasteiger partial charge in [-0.25, -0.2) is 0 Å². The van der Waals surface area contributed by atoms with E-state index in [4.69, 9.17) is 5.73 Å². The van der Waals surface area contributed by atoms with Gasteiger partial charge in [-0.15, -0.1) is 0 Å². The van der Waals surface area contributed by atoms with Crippen LogP contribution in [-0.4, -0.2) is 5.11 Å². The first-order valence-corrected chi connectivity index (χ1v) is 4.83. The first-order chi connectivity index (χ1) is 6.24. The molecule has 1 atom stereocenters. The number of aromatic hydroxyl groups is 1. The highest BCUT2D eigenvalue weighted by Crippen LogP contribution is 2.35. The van der Waals surface area contributed by atoms with Crippen LogP contribution in [0.5, 0.6) is 5.75 Å². The molecular weight excluding hydrogens is 162 g/mol. The van der Waals surface area contributed by atoms with Crippen molar-refractivity contribution in [3.63, 3.8) is 0 Å². The van der Waals surface area contributed by atoms with E-state index in [9.17, 15) is 5.11 Å². The van der Waals surface area contributed by atoms with Crippen molar-refractivity contribution < 1.29 is 5.11 Å². The van der Waals surface area contributed by atoms with Gasteiger partial charge >= 0.3 is 0 Å². The first-order valence-electron chi connectivity index (χ1n) is 4.83. The second-order valence-corrected chi connectivity index (χ2v) is 3.63. The van der Waals surface area contributed by atoms with E-state index in [1.54, 1.807) is 6.07 Å². The van der Waals surface area contributed by atoms with Crippen molar-refractivity contribution >= 4 is 0 Å². The topological polar surface area (TPSA) is 46.2 Å². The molecule has 1 aliphatic rings. The third-order valence-electron chi connectivity index (χ3n) is 2.90. The van der Waals surface area contributed by atoms with Crippen molar-refractivity contribution in [3.8, 4) is 5.75 Å². The summed E-state index contributed by atoms with van der Waals surface area (Å²) < 4.78 is 0. The van der Waals surface area contributed by atoms with Crippen LogP contribution in [0.2, 0.25) is 0 Å². The third kappa shape index (κ3) is 1.22. The van der Waals surface area contributed by atoms with E-state index in [1.165, 1.54) is 11.1 Å². The van der Waals surface area contributed by atoms with Crippen molar-refractivity contribution in [2.45, 2.75) is 32.2 Å². The molecule has 0 aliphatic heterocycles. The molecule has 2 nitrogen and oxygen atoms in total. The minimum Gasteiger partial charge on any atom is -0.508 e. The monoisotopic (exact) mass is 177 g/mol. The Bertz CT molecular complexity index is 333. The average molecular weight is 177 g/mol. The summed E-state index contributed by atoms with van der Waals surface area (Å²) in [7, 11) is 0. The van der Waals surface area contributed by atoms with Gasteiger partial charge in [0.15, 0.2) is 0 Å². The highest BCUT2D eigenvalue weighted by atomic mass is 16.3. The lowest BCUT2D eigenvalue weighted by Crippen LogP contribution is -2.05. The van der Waals surface area contributed by atoms with Crippen LogP contribution in [-0.2, 0) is 12.8 Å². The molecule has 70 valence electrons. The van der Waals surface area contributed by atoms with Crippen LogP contribution in [0.4, 0.5) is 0 Å². The second-order valence-electron chi connectivity index (χ2n) is 3.63. The number of rotatable bonds is 1. The van der Waals surface area contributed by atoms with Gasteiger partial charge in [0, 0.05) is 6.04 Å². The molecule has 2 rings (SSSR count). The number of fused-ring (bicyclic) bond motifs is 1. The minimum absolute atomic E-state index is 0.181. The summed E-state index contributed by atoms with van der Waals surface area (Å²) in [5.41, 5.74) is 9.54. The van der Waals surface area contributed by atoms with Crippen LogP contribution >= 0.6 is 0 Å². The summed E-state index contributed by atoms with van der Waals surface area (Å²) in [6.07, 6.45) is 2.93. The van der Waals surface area contributed by atoms with Crippen molar-refractivity contribution in [1.82, 2.24) is 0 Å². The van der Waals surface area contributed by atoms with Gasteiger partial charge in [0.25, 0.3) is 0 Å². The Balaban J connectivity index is 2.57. The summed E-state index contributed by atoms with van der Waals surface area (Å²) in [6, 6.07) is 3.91. The van der Waals surface area contributed by atoms with Crippen LogP contribution in [0, 0.1) is 0 Å². The fourth-order valence-electron chi connectivity index (χ4n) is 2.19. The standard InChI is InChI=1S/C11H15NO/c1-2-7-8-3-5-10(12)9(8)4-6-11(7)13/h4,6,10,13H,2-3,5,12H2,1H3/t10-/m1/s1. The lowest BCUT2D eigenvalue weighted by molar-refractivity contribution is 0.468. The van der Waals surface area contributed by atoms with Gasteiger partial charge in [-0.05, 0) is 42.0 Å². The largest absolute Gasteiger partial charge is 0.508 e. The molecule has 0 saturated carbocycles. The van der Waals surface area contributed by atoms with Gasteiger partial charge in [0.1, 0.15) is 5.75 Å². The van der Waals surface area contributed by atoms with Gasteiger partial charge in [-0.2, -0.15) is 0 Å². The van der Waals surface area contributed by atoms with E-state index < -0.39 is 0 Å². The molecule has 3 N–H and O–H groups in total. The molecule has 0 fully saturated rings. The van der Waals surface area contributed by atoms with E-state index >= 15 is 0 Å². The second kappa shape index (κ2) is 3.04. The fraction of sp³-hybridized carbons (Fsp3) is 0.455. The van der Waals surface area contributed by atoms with E-state index in [-0.39, 0.29) is 6.04 Å². The molecule has 1 aromatic carbocycles. The van der Waals surface area contributed by atoms with Gasteiger partial charge in [-0.3, -0.25) is 0 Å². The predicted octanol–water partition coefficient (Wildman–Crippen LogP) is 1.90. The Morgan fingerprint density at radius 1 is 1.54 bits per heavy atom. The van der Waals surface area contributed by atoms with Crippen LogP contribution in [0.25, 0.3) is 0 Å². The van der Waals surface area contributed by atoms with Crippen molar-refractivity contribution in [2.24, 2.45) is 5.73 Å². The lowest BCUT2D eigenvalue weighted by Gasteiger charge is -2.09. The highest BCUT2D eigenvalue weighted by molar-refractivity contribution is 5.47. The number of hydrogen-bond donors (Lipinski definition) is 2. The molecule has 13 heavy (non-hydrogen) atoms. The normalized spacial score (nSPS) is 20.3. The van der Waals surface area contributed by atoms with E-state index in [0.29, 0.717) is 5.75 Å². The van der Waals surface area contributed by atoms with Crippen molar-refractivity contribution in [2.75, 3.05) is 0 Å². The SMILES string of the molecule is CCc1c(O)ccc2c1CC[C@H]2N. The van der Waals surface area contributed by atoms with Crippen LogP contribution in [0.3, 0.4) is 0 Å². The Hall–Kier alpha value is -1.02. The van der Waals surface area contributed by atoms with Gasteiger partial charge < -0.3 is 10.8 Å². The maximum atomic E-state index is 9.62. The molecule has 0 aromatic heterocycles. The van der Waals surface area contributed by atoms with Crippen LogP contribution in [0.15, 0.2) is 12.1 Å². The molecule has 0 amide bonds.